The fourth-order valence-corrected chi connectivity index (χ4v) is 5.79. The van der Waals surface area contributed by atoms with Crippen LogP contribution < -0.4 is 0 Å². The molecule has 1 saturated heterocycles. The molecule has 8 heteroatoms. The van der Waals surface area contributed by atoms with Crippen molar-refractivity contribution in [1.29, 1.82) is 0 Å². The Morgan fingerprint density at radius 2 is 2.10 bits per heavy atom. The summed E-state index contributed by atoms with van der Waals surface area (Å²) < 4.78 is 32.4. The van der Waals surface area contributed by atoms with E-state index in [0.29, 0.717) is 36.7 Å². The van der Waals surface area contributed by atoms with Gasteiger partial charge >= 0.3 is 5.97 Å². The fourth-order valence-electron chi connectivity index (χ4n) is 2.16. The first-order chi connectivity index (χ1) is 9.45. The summed E-state index contributed by atoms with van der Waals surface area (Å²) in [4.78, 5) is 11.6. The number of sulfonamides is 1. The van der Waals surface area contributed by atoms with Gasteiger partial charge in [-0.25, -0.2) is 8.42 Å². The summed E-state index contributed by atoms with van der Waals surface area (Å²) in [6.45, 7) is 2.86. The average Bonchev–Trinajstić information content (AvgIpc) is 2.86. The highest BCUT2D eigenvalue weighted by Gasteiger charge is 2.33. The van der Waals surface area contributed by atoms with Gasteiger partial charge < -0.3 is 4.74 Å². The van der Waals surface area contributed by atoms with Crippen LogP contribution in [0.1, 0.15) is 19.8 Å². The Morgan fingerprint density at radius 1 is 1.45 bits per heavy atom. The number of hydrogen-bond acceptors (Lipinski definition) is 5. The van der Waals surface area contributed by atoms with Crippen molar-refractivity contribution >= 4 is 43.3 Å². The van der Waals surface area contributed by atoms with Crippen LogP contribution in [0.25, 0.3) is 0 Å². The van der Waals surface area contributed by atoms with Gasteiger partial charge in [-0.05, 0) is 47.8 Å². The van der Waals surface area contributed by atoms with E-state index in [1.165, 1.54) is 15.6 Å². The second-order valence-corrected chi connectivity index (χ2v) is 9.12. The normalized spacial score (nSPS) is 18.1. The number of thiophene rings is 1. The van der Waals surface area contributed by atoms with Gasteiger partial charge in [-0.15, -0.1) is 11.3 Å². The van der Waals surface area contributed by atoms with Gasteiger partial charge in [0.1, 0.15) is 4.21 Å². The zero-order valence-corrected chi connectivity index (χ0v) is 14.3. The van der Waals surface area contributed by atoms with Crippen molar-refractivity contribution in [3.8, 4) is 0 Å². The summed E-state index contributed by atoms with van der Waals surface area (Å²) >= 11 is 4.47. The minimum Gasteiger partial charge on any atom is -0.466 e. The number of rotatable bonds is 4. The molecule has 5 nitrogen and oxygen atoms in total. The molecule has 2 rings (SSSR count). The molecule has 0 saturated carbocycles. The Balaban J connectivity index is 2.02. The third-order valence-electron chi connectivity index (χ3n) is 3.22. The molecule has 1 aromatic heterocycles. The maximum Gasteiger partial charge on any atom is 0.309 e. The molecule has 1 aliphatic heterocycles. The van der Waals surface area contributed by atoms with E-state index in [-0.39, 0.29) is 11.9 Å². The molecule has 0 spiro atoms. The molecule has 0 unspecified atom stereocenters. The lowest BCUT2D eigenvalue weighted by molar-refractivity contribution is -0.149. The molecule has 2 heterocycles. The van der Waals surface area contributed by atoms with E-state index < -0.39 is 10.0 Å². The molecule has 0 N–H and O–H groups in total. The van der Waals surface area contributed by atoms with Crippen LogP contribution in [0.4, 0.5) is 0 Å². The van der Waals surface area contributed by atoms with Crippen LogP contribution in [0.3, 0.4) is 0 Å². The van der Waals surface area contributed by atoms with E-state index in [1.54, 1.807) is 19.1 Å². The Morgan fingerprint density at radius 3 is 2.60 bits per heavy atom. The summed E-state index contributed by atoms with van der Waals surface area (Å²) in [5, 5.41) is 0. The third kappa shape index (κ3) is 3.41. The average molecular weight is 382 g/mol. The van der Waals surface area contributed by atoms with E-state index in [1.807, 2.05) is 0 Å². The fraction of sp³-hybridized carbons (Fsp3) is 0.583. The van der Waals surface area contributed by atoms with Gasteiger partial charge in [0.25, 0.3) is 10.0 Å². The van der Waals surface area contributed by atoms with Crippen LogP contribution in [0.2, 0.25) is 0 Å². The molecular weight excluding hydrogens is 366 g/mol. The van der Waals surface area contributed by atoms with Crippen molar-refractivity contribution in [2.24, 2.45) is 5.92 Å². The van der Waals surface area contributed by atoms with Gasteiger partial charge in [0.05, 0.1) is 16.3 Å². The van der Waals surface area contributed by atoms with Crippen molar-refractivity contribution in [3.63, 3.8) is 0 Å². The molecule has 0 bridgehead atoms. The largest absolute Gasteiger partial charge is 0.466 e. The zero-order valence-electron chi connectivity index (χ0n) is 11.0. The number of halogens is 1. The number of carbonyl (C=O) groups is 1. The molecule has 112 valence electrons. The first kappa shape index (κ1) is 15.9. The van der Waals surface area contributed by atoms with Gasteiger partial charge in [0.2, 0.25) is 0 Å². The zero-order chi connectivity index (χ0) is 14.8. The summed E-state index contributed by atoms with van der Waals surface area (Å²) in [6.07, 6.45) is 1.04. The van der Waals surface area contributed by atoms with Gasteiger partial charge in [0, 0.05) is 13.1 Å². The molecule has 0 atom stereocenters. The topological polar surface area (TPSA) is 63.7 Å². The Kier molecular flexibility index (Phi) is 5.22. The van der Waals surface area contributed by atoms with Crippen molar-refractivity contribution in [2.45, 2.75) is 24.0 Å². The number of ether oxygens (including phenoxy) is 1. The lowest BCUT2D eigenvalue weighted by Gasteiger charge is -2.29. The van der Waals surface area contributed by atoms with E-state index in [0.717, 1.165) is 3.79 Å². The Bertz CT molecular complexity index is 576. The quantitative estimate of drug-likeness (QED) is 0.751. The van der Waals surface area contributed by atoms with Crippen molar-refractivity contribution in [2.75, 3.05) is 19.7 Å². The number of carbonyl (C=O) groups excluding carboxylic acids is 1. The highest BCUT2D eigenvalue weighted by molar-refractivity contribution is 9.11. The van der Waals surface area contributed by atoms with Crippen LogP contribution >= 0.6 is 27.3 Å². The molecule has 20 heavy (non-hydrogen) atoms. The summed E-state index contributed by atoms with van der Waals surface area (Å²) in [5.74, 6) is -0.403. The van der Waals surface area contributed by atoms with E-state index >= 15 is 0 Å². The number of nitrogens with zero attached hydrogens (tertiary/aromatic N) is 1. The Hall–Kier alpha value is -0.440. The third-order valence-corrected chi connectivity index (χ3v) is 7.21. The molecule has 0 aromatic carbocycles. The lowest BCUT2D eigenvalue weighted by atomic mass is 9.98. The minimum atomic E-state index is -3.43. The lowest BCUT2D eigenvalue weighted by Crippen LogP contribution is -2.40. The van der Waals surface area contributed by atoms with Crippen LogP contribution in [0, 0.1) is 5.92 Å². The predicted octanol–water partition coefficient (Wildman–Crippen LogP) is 2.47. The minimum absolute atomic E-state index is 0.184. The van der Waals surface area contributed by atoms with E-state index in [4.69, 9.17) is 4.74 Å². The highest BCUT2D eigenvalue weighted by Crippen LogP contribution is 2.30. The second-order valence-electron chi connectivity index (χ2n) is 4.49. The van der Waals surface area contributed by atoms with Crippen LogP contribution in [-0.4, -0.2) is 38.4 Å². The molecule has 1 aliphatic rings. The van der Waals surface area contributed by atoms with Gasteiger partial charge in [-0.1, -0.05) is 0 Å². The first-order valence-electron chi connectivity index (χ1n) is 6.37. The summed E-state index contributed by atoms with van der Waals surface area (Å²) in [5.41, 5.74) is 0. The van der Waals surface area contributed by atoms with Crippen LogP contribution in [0.15, 0.2) is 20.1 Å². The van der Waals surface area contributed by atoms with E-state index in [2.05, 4.69) is 15.9 Å². The van der Waals surface area contributed by atoms with Gasteiger partial charge in [-0.3, -0.25) is 4.79 Å². The second kappa shape index (κ2) is 6.55. The number of piperidine rings is 1. The first-order valence-corrected chi connectivity index (χ1v) is 9.42. The number of esters is 1. The number of hydrogen-bond donors (Lipinski definition) is 0. The molecule has 1 fully saturated rings. The van der Waals surface area contributed by atoms with Gasteiger partial charge in [0.15, 0.2) is 0 Å². The molecule has 0 aliphatic carbocycles. The van der Waals surface area contributed by atoms with Crippen molar-refractivity contribution in [3.05, 3.63) is 15.9 Å². The van der Waals surface area contributed by atoms with Crippen LogP contribution in [-0.2, 0) is 19.6 Å². The van der Waals surface area contributed by atoms with E-state index in [9.17, 15) is 13.2 Å². The monoisotopic (exact) mass is 381 g/mol. The van der Waals surface area contributed by atoms with Crippen molar-refractivity contribution < 1.29 is 17.9 Å². The Labute approximate surface area is 131 Å². The SMILES string of the molecule is CCOC(=O)C1CCN(S(=O)(=O)c2ccc(Br)s2)CC1. The molecule has 1 aromatic rings. The predicted molar refractivity (Wildman–Crippen MR) is 80.1 cm³/mol. The summed E-state index contributed by atoms with van der Waals surface area (Å²) in [7, 11) is -3.43. The maximum atomic E-state index is 12.4. The summed E-state index contributed by atoms with van der Waals surface area (Å²) in [6, 6.07) is 3.32. The molecule has 0 radical (unpaired) electrons. The van der Waals surface area contributed by atoms with Crippen LogP contribution in [0.5, 0.6) is 0 Å². The molecular formula is C12H16BrNO4S2. The standard InChI is InChI=1S/C12H16BrNO4S2/c1-2-18-12(15)9-5-7-14(8-6-9)20(16,17)11-4-3-10(13)19-11/h3-4,9H,2,5-8H2,1H3. The molecule has 0 amide bonds. The van der Waals surface area contributed by atoms with Crippen molar-refractivity contribution in [1.82, 2.24) is 4.31 Å². The maximum absolute atomic E-state index is 12.4. The van der Waals surface area contributed by atoms with Gasteiger partial charge in [-0.2, -0.15) is 4.31 Å². The highest BCUT2D eigenvalue weighted by atomic mass is 79.9. The smallest absolute Gasteiger partial charge is 0.309 e.